The summed E-state index contributed by atoms with van der Waals surface area (Å²) in [6.45, 7) is 22.2. The normalized spacial score (nSPS) is 12.5. The van der Waals surface area contributed by atoms with Crippen LogP contribution in [0.1, 0.15) is 25.0 Å². The van der Waals surface area contributed by atoms with Crippen molar-refractivity contribution in [3.05, 3.63) is 59.7 Å². The zero-order chi connectivity index (χ0) is 27.4. The first-order chi connectivity index (χ1) is 17.4. The molecule has 0 heterocycles. The Balaban J connectivity index is 1.72. The van der Waals surface area contributed by atoms with Crippen LogP contribution in [0.5, 0.6) is 11.5 Å². The summed E-state index contributed by atoms with van der Waals surface area (Å²) in [6, 6.07) is 16.6. The third kappa shape index (κ3) is 13.1. The van der Waals surface area contributed by atoms with E-state index in [0.29, 0.717) is 52.9 Å². The molecule has 8 heteroatoms. The fourth-order valence-corrected chi connectivity index (χ4v) is 4.95. The molecule has 0 saturated heterocycles. The number of hydrogen-bond acceptors (Lipinski definition) is 6. The maximum Gasteiger partial charge on any atom is 0.183 e. The molecule has 0 aliphatic heterocycles. The third-order valence-electron chi connectivity index (χ3n) is 5.67. The van der Waals surface area contributed by atoms with Gasteiger partial charge in [0.15, 0.2) is 16.6 Å². The van der Waals surface area contributed by atoms with E-state index in [4.69, 9.17) is 27.8 Å². The van der Waals surface area contributed by atoms with E-state index in [9.17, 15) is 0 Å². The maximum absolute atomic E-state index is 5.84. The van der Waals surface area contributed by atoms with Gasteiger partial charge in [0.25, 0.3) is 0 Å². The van der Waals surface area contributed by atoms with Gasteiger partial charge < -0.3 is 27.8 Å². The van der Waals surface area contributed by atoms with E-state index in [-0.39, 0.29) is 5.41 Å². The molecule has 0 bridgehead atoms. The van der Waals surface area contributed by atoms with Gasteiger partial charge in [-0.15, -0.1) is 0 Å². The summed E-state index contributed by atoms with van der Waals surface area (Å²) in [4.78, 5) is 0. The van der Waals surface area contributed by atoms with Crippen LogP contribution in [0.4, 0.5) is 0 Å². The Morgan fingerprint density at radius 1 is 0.486 bits per heavy atom. The summed E-state index contributed by atoms with van der Waals surface area (Å²) in [5.41, 5.74) is 2.31. The average Bonchev–Trinajstić information content (AvgIpc) is 2.82. The second kappa shape index (κ2) is 15.0. The highest BCUT2D eigenvalue weighted by molar-refractivity contribution is 6.70. The molecule has 0 aliphatic rings. The lowest BCUT2D eigenvalue weighted by Gasteiger charge is -2.26. The van der Waals surface area contributed by atoms with Crippen LogP contribution >= 0.6 is 0 Å². The minimum atomic E-state index is -1.47. The molecule has 0 spiro atoms. The highest BCUT2D eigenvalue weighted by atomic mass is 28.4. The molecular formula is C29H48O6Si2. The highest BCUT2D eigenvalue weighted by Gasteiger charge is 2.23. The van der Waals surface area contributed by atoms with E-state index >= 15 is 0 Å². The fraction of sp³-hybridized carbons (Fsp3) is 0.586. The van der Waals surface area contributed by atoms with Gasteiger partial charge in [-0.2, -0.15) is 0 Å². The summed E-state index contributed by atoms with van der Waals surface area (Å²) in [7, 11) is -2.93. The van der Waals surface area contributed by atoms with Crippen LogP contribution in [-0.2, 0) is 23.7 Å². The molecule has 208 valence electrons. The summed E-state index contributed by atoms with van der Waals surface area (Å²) in [5.74, 6) is 1.69. The van der Waals surface area contributed by atoms with E-state index in [1.165, 1.54) is 11.1 Å². The summed E-state index contributed by atoms with van der Waals surface area (Å²) in [6.07, 6.45) is 0. The lowest BCUT2D eigenvalue weighted by atomic mass is 9.78. The zero-order valence-electron chi connectivity index (χ0n) is 24.2. The molecule has 2 aromatic carbocycles. The number of ether oxygens (including phenoxy) is 4. The van der Waals surface area contributed by atoms with Gasteiger partial charge in [-0.1, -0.05) is 38.1 Å². The van der Waals surface area contributed by atoms with Gasteiger partial charge in [-0.25, -0.2) is 0 Å². The van der Waals surface area contributed by atoms with Gasteiger partial charge in [-0.3, -0.25) is 0 Å². The van der Waals surface area contributed by atoms with Gasteiger partial charge in [0.05, 0.1) is 39.6 Å². The van der Waals surface area contributed by atoms with Crippen LogP contribution in [0.15, 0.2) is 48.5 Å². The van der Waals surface area contributed by atoms with Crippen molar-refractivity contribution in [2.45, 2.75) is 58.5 Å². The van der Waals surface area contributed by atoms with E-state index in [2.05, 4.69) is 77.4 Å². The standard InChI is InChI=1S/C29H48O6Si2/c1-29(2,25-9-13-27(14-10-25)32-21-17-30-19-23-34-36(3,4)5)26-11-15-28(16-12-26)33-22-18-31-20-24-35-37(6,7)8/h9-16H,17-24H2,1-8H3. The average molecular weight is 549 g/mol. The van der Waals surface area contributed by atoms with E-state index in [1.807, 2.05) is 24.3 Å². The maximum atomic E-state index is 5.84. The molecule has 37 heavy (non-hydrogen) atoms. The SMILES string of the molecule is CC(C)(c1ccc(OCCOCCO[Si](C)(C)C)cc1)c1ccc(OCCOCCO[Si](C)(C)C)cc1. The number of benzene rings is 2. The van der Waals surface area contributed by atoms with Gasteiger partial charge in [0.1, 0.15) is 24.7 Å². The predicted octanol–water partition coefficient (Wildman–Crippen LogP) is 6.51. The topological polar surface area (TPSA) is 55.4 Å². The van der Waals surface area contributed by atoms with Gasteiger partial charge >= 0.3 is 0 Å². The lowest BCUT2D eigenvalue weighted by molar-refractivity contribution is 0.0748. The second-order valence-electron chi connectivity index (χ2n) is 11.5. The Morgan fingerprint density at radius 2 is 0.811 bits per heavy atom. The Hall–Kier alpha value is -1.69. The lowest BCUT2D eigenvalue weighted by Crippen LogP contribution is -2.27. The van der Waals surface area contributed by atoms with E-state index in [1.54, 1.807) is 0 Å². The van der Waals surface area contributed by atoms with Crippen molar-refractivity contribution >= 4 is 16.6 Å². The van der Waals surface area contributed by atoms with Crippen LogP contribution in [0.2, 0.25) is 39.3 Å². The van der Waals surface area contributed by atoms with Crippen LogP contribution in [-0.4, -0.2) is 69.5 Å². The van der Waals surface area contributed by atoms with Gasteiger partial charge in [0, 0.05) is 5.41 Å². The molecule has 2 rings (SSSR count). The van der Waals surface area contributed by atoms with Crippen molar-refractivity contribution < 1.29 is 27.8 Å². The molecule has 0 radical (unpaired) electrons. The molecule has 0 saturated carbocycles. The Kier molecular flexibility index (Phi) is 12.8. The van der Waals surface area contributed by atoms with Crippen LogP contribution in [0.3, 0.4) is 0 Å². The second-order valence-corrected chi connectivity index (χ2v) is 20.5. The summed E-state index contributed by atoms with van der Waals surface area (Å²) >= 11 is 0. The Bertz CT molecular complexity index is 813. The third-order valence-corrected chi connectivity index (χ3v) is 7.81. The molecule has 0 N–H and O–H groups in total. The van der Waals surface area contributed by atoms with Crippen LogP contribution in [0.25, 0.3) is 0 Å². The molecule has 0 atom stereocenters. The first-order valence-electron chi connectivity index (χ1n) is 13.3. The molecule has 0 unspecified atom stereocenters. The molecule has 0 fully saturated rings. The predicted molar refractivity (Wildman–Crippen MR) is 156 cm³/mol. The Labute approximate surface area is 226 Å². The van der Waals surface area contributed by atoms with Crippen LogP contribution < -0.4 is 9.47 Å². The Morgan fingerprint density at radius 3 is 1.14 bits per heavy atom. The molecule has 0 aliphatic carbocycles. The zero-order valence-corrected chi connectivity index (χ0v) is 26.2. The smallest absolute Gasteiger partial charge is 0.183 e. The summed E-state index contributed by atoms with van der Waals surface area (Å²) < 4.78 is 34.4. The van der Waals surface area contributed by atoms with E-state index < -0.39 is 16.6 Å². The molecule has 2 aromatic rings. The minimum absolute atomic E-state index is 0.143. The van der Waals surface area contributed by atoms with Gasteiger partial charge in [-0.05, 0) is 74.7 Å². The molecular weight excluding hydrogens is 500 g/mol. The molecule has 0 aromatic heterocycles. The van der Waals surface area contributed by atoms with Crippen molar-refractivity contribution in [3.63, 3.8) is 0 Å². The molecule has 0 amide bonds. The van der Waals surface area contributed by atoms with Crippen LogP contribution in [0, 0.1) is 0 Å². The van der Waals surface area contributed by atoms with Crippen molar-refractivity contribution in [3.8, 4) is 11.5 Å². The van der Waals surface area contributed by atoms with Crippen molar-refractivity contribution in [2.24, 2.45) is 0 Å². The highest BCUT2D eigenvalue weighted by Crippen LogP contribution is 2.33. The minimum Gasteiger partial charge on any atom is -0.491 e. The van der Waals surface area contributed by atoms with Gasteiger partial charge in [0.2, 0.25) is 0 Å². The first-order valence-corrected chi connectivity index (χ1v) is 20.1. The van der Waals surface area contributed by atoms with Crippen molar-refractivity contribution in [2.75, 3.05) is 52.9 Å². The summed E-state index contributed by atoms with van der Waals surface area (Å²) in [5, 5.41) is 0. The van der Waals surface area contributed by atoms with E-state index in [0.717, 1.165) is 11.5 Å². The molecule has 6 nitrogen and oxygen atoms in total. The number of hydrogen-bond donors (Lipinski definition) is 0. The number of rotatable bonds is 18. The van der Waals surface area contributed by atoms with Crippen molar-refractivity contribution in [1.82, 2.24) is 0 Å². The first kappa shape index (κ1) is 31.5. The monoisotopic (exact) mass is 548 g/mol. The largest absolute Gasteiger partial charge is 0.491 e. The quantitative estimate of drug-likeness (QED) is 0.156. The fourth-order valence-electron chi connectivity index (χ4n) is 3.56. The van der Waals surface area contributed by atoms with Crippen molar-refractivity contribution in [1.29, 1.82) is 0 Å².